The molecule has 4 rings (SSSR count). The summed E-state index contributed by atoms with van der Waals surface area (Å²) in [5, 5.41) is 9.75. The van der Waals surface area contributed by atoms with Crippen LogP contribution in [-0.4, -0.2) is 12.2 Å². The van der Waals surface area contributed by atoms with Gasteiger partial charge in [0.05, 0.1) is 11.5 Å². The summed E-state index contributed by atoms with van der Waals surface area (Å²) in [5.74, 6) is 0.0355. The second kappa shape index (κ2) is 9.28. The fourth-order valence-electron chi connectivity index (χ4n) is 3.91. The summed E-state index contributed by atoms with van der Waals surface area (Å²) in [4.78, 5) is 13.8. The molecule has 3 aromatic rings. The SMILES string of the molecule is CSc1ccc(C2C(C#N)=C(N)Oc3cc(OC(=O)c4ccc(C(C)(C)C)cc4)ccc32)cc1. The molecular weight excluding hydrogens is 444 g/mol. The Bertz CT molecular complexity index is 1300. The number of hydrogen-bond donors (Lipinski definition) is 1. The van der Waals surface area contributed by atoms with Gasteiger partial charge >= 0.3 is 5.97 Å². The van der Waals surface area contributed by atoms with E-state index in [1.807, 2.05) is 48.7 Å². The highest BCUT2D eigenvalue weighted by molar-refractivity contribution is 7.98. The topological polar surface area (TPSA) is 85.3 Å². The van der Waals surface area contributed by atoms with Gasteiger partial charge in [0.2, 0.25) is 5.88 Å². The molecule has 0 spiro atoms. The van der Waals surface area contributed by atoms with E-state index in [0.29, 0.717) is 22.6 Å². The van der Waals surface area contributed by atoms with Crippen molar-refractivity contribution < 1.29 is 14.3 Å². The van der Waals surface area contributed by atoms with E-state index < -0.39 is 5.97 Å². The van der Waals surface area contributed by atoms with Crippen molar-refractivity contribution in [1.82, 2.24) is 0 Å². The number of hydrogen-bond acceptors (Lipinski definition) is 6. The molecule has 5 nitrogen and oxygen atoms in total. The zero-order valence-electron chi connectivity index (χ0n) is 19.6. The molecule has 34 heavy (non-hydrogen) atoms. The van der Waals surface area contributed by atoms with Gasteiger partial charge in [-0.15, -0.1) is 11.8 Å². The molecule has 1 aliphatic rings. The van der Waals surface area contributed by atoms with Gasteiger partial charge in [0.25, 0.3) is 0 Å². The third-order valence-electron chi connectivity index (χ3n) is 5.84. The maximum absolute atomic E-state index is 12.7. The Morgan fingerprint density at radius 2 is 1.74 bits per heavy atom. The number of nitrogens with two attached hydrogens (primary N) is 1. The van der Waals surface area contributed by atoms with E-state index in [1.54, 1.807) is 36.0 Å². The highest BCUT2D eigenvalue weighted by Gasteiger charge is 2.31. The van der Waals surface area contributed by atoms with E-state index in [-0.39, 0.29) is 17.2 Å². The number of allylic oxidation sites excluding steroid dienone is 1. The maximum atomic E-state index is 12.7. The maximum Gasteiger partial charge on any atom is 0.343 e. The number of nitriles is 1. The van der Waals surface area contributed by atoms with Gasteiger partial charge in [0, 0.05) is 16.5 Å². The van der Waals surface area contributed by atoms with E-state index in [9.17, 15) is 10.1 Å². The Morgan fingerprint density at radius 3 is 2.32 bits per heavy atom. The summed E-state index contributed by atoms with van der Waals surface area (Å²) in [5.41, 5.74) is 9.78. The van der Waals surface area contributed by atoms with Gasteiger partial charge in [-0.05, 0) is 53.1 Å². The van der Waals surface area contributed by atoms with Crippen LogP contribution in [0.2, 0.25) is 0 Å². The van der Waals surface area contributed by atoms with Crippen molar-refractivity contribution in [1.29, 1.82) is 5.26 Å². The number of benzene rings is 3. The lowest BCUT2D eigenvalue weighted by Gasteiger charge is -2.26. The van der Waals surface area contributed by atoms with Gasteiger partial charge in [-0.2, -0.15) is 5.26 Å². The zero-order chi connectivity index (χ0) is 24.5. The van der Waals surface area contributed by atoms with Crippen LogP contribution < -0.4 is 15.2 Å². The van der Waals surface area contributed by atoms with Crippen LogP contribution in [0, 0.1) is 11.3 Å². The monoisotopic (exact) mass is 470 g/mol. The fourth-order valence-corrected chi connectivity index (χ4v) is 4.32. The molecule has 1 atom stereocenters. The summed E-state index contributed by atoms with van der Waals surface area (Å²) in [7, 11) is 0. The molecule has 1 aliphatic heterocycles. The van der Waals surface area contributed by atoms with E-state index in [0.717, 1.165) is 21.6 Å². The number of esters is 1. The van der Waals surface area contributed by atoms with Crippen LogP contribution in [0.5, 0.6) is 11.5 Å². The first-order chi connectivity index (χ1) is 16.2. The summed E-state index contributed by atoms with van der Waals surface area (Å²) in [6.07, 6.45) is 2.01. The van der Waals surface area contributed by atoms with Crippen molar-refractivity contribution in [2.75, 3.05) is 6.26 Å². The first kappa shape index (κ1) is 23.5. The number of ether oxygens (including phenoxy) is 2. The molecule has 0 aromatic heterocycles. The molecule has 2 N–H and O–H groups in total. The van der Waals surface area contributed by atoms with Crippen LogP contribution in [0.15, 0.2) is 83.1 Å². The number of thioether (sulfide) groups is 1. The van der Waals surface area contributed by atoms with Gasteiger partial charge in [-0.3, -0.25) is 0 Å². The lowest BCUT2D eigenvalue weighted by Crippen LogP contribution is -2.21. The van der Waals surface area contributed by atoms with Crippen LogP contribution in [-0.2, 0) is 5.41 Å². The Kier molecular flexibility index (Phi) is 6.41. The molecule has 0 saturated carbocycles. The van der Waals surface area contributed by atoms with Crippen molar-refractivity contribution >= 4 is 17.7 Å². The Morgan fingerprint density at radius 1 is 1.06 bits per heavy atom. The summed E-state index contributed by atoms with van der Waals surface area (Å²) < 4.78 is 11.4. The molecule has 0 fully saturated rings. The van der Waals surface area contributed by atoms with Crippen LogP contribution in [0.25, 0.3) is 0 Å². The predicted octanol–water partition coefficient (Wildman–Crippen LogP) is 6.14. The van der Waals surface area contributed by atoms with Crippen LogP contribution in [0.3, 0.4) is 0 Å². The van der Waals surface area contributed by atoms with E-state index in [4.69, 9.17) is 15.2 Å². The summed E-state index contributed by atoms with van der Waals surface area (Å²) in [6.45, 7) is 6.36. The average Bonchev–Trinajstić information content (AvgIpc) is 2.82. The number of carbonyl (C=O) groups is 1. The standard InChI is InChI=1S/C28H26N2O3S/c1-28(2,3)19-9-5-18(6-10-19)27(31)32-20-11-14-22-24(15-20)33-26(30)23(16-29)25(22)17-7-12-21(34-4)13-8-17/h5-15,25H,30H2,1-4H3. The lowest BCUT2D eigenvalue weighted by molar-refractivity contribution is 0.0734. The second-order valence-corrected chi connectivity index (χ2v) is 9.99. The van der Waals surface area contributed by atoms with Gasteiger partial charge in [-0.25, -0.2) is 4.79 Å². The number of nitrogens with zero attached hydrogens (tertiary/aromatic N) is 1. The molecule has 0 amide bonds. The largest absolute Gasteiger partial charge is 0.440 e. The minimum Gasteiger partial charge on any atom is -0.440 e. The van der Waals surface area contributed by atoms with E-state index in [2.05, 4.69) is 26.8 Å². The normalized spacial score (nSPS) is 15.2. The molecule has 3 aromatic carbocycles. The van der Waals surface area contributed by atoms with E-state index in [1.165, 1.54) is 0 Å². The smallest absolute Gasteiger partial charge is 0.343 e. The average molecular weight is 471 g/mol. The Hall–Kier alpha value is -3.69. The molecule has 0 aliphatic carbocycles. The first-order valence-corrected chi connectivity index (χ1v) is 12.1. The van der Waals surface area contributed by atoms with Gasteiger partial charge in [0.15, 0.2) is 0 Å². The number of fused-ring (bicyclic) bond motifs is 1. The Balaban J connectivity index is 1.62. The van der Waals surface area contributed by atoms with E-state index >= 15 is 0 Å². The van der Waals surface area contributed by atoms with Gasteiger partial charge < -0.3 is 15.2 Å². The quantitative estimate of drug-likeness (QED) is 0.280. The molecule has 1 heterocycles. The lowest BCUT2D eigenvalue weighted by atomic mass is 9.83. The Labute approximate surface area is 204 Å². The molecule has 0 bridgehead atoms. The molecular formula is C28H26N2O3S. The third-order valence-corrected chi connectivity index (χ3v) is 6.58. The van der Waals surface area contributed by atoms with Crippen molar-refractivity contribution in [2.45, 2.75) is 37.0 Å². The summed E-state index contributed by atoms with van der Waals surface area (Å²) >= 11 is 1.65. The number of rotatable bonds is 4. The number of carbonyl (C=O) groups excluding carboxylic acids is 1. The molecule has 1 unspecified atom stereocenters. The van der Waals surface area contributed by atoms with Crippen LogP contribution >= 0.6 is 11.8 Å². The van der Waals surface area contributed by atoms with Crippen molar-refractivity contribution in [3.05, 3.63) is 100 Å². The van der Waals surface area contributed by atoms with Crippen molar-refractivity contribution in [3.8, 4) is 17.6 Å². The highest BCUT2D eigenvalue weighted by Crippen LogP contribution is 2.43. The predicted molar refractivity (Wildman–Crippen MR) is 134 cm³/mol. The molecule has 0 radical (unpaired) electrons. The van der Waals surface area contributed by atoms with Gasteiger partial charge in [-0.1, -0.05) is 51.1 Å². The van der Waals surface area contributed by atoms with Crippen molar-refractivity contribution in [3.63, 3.8) is 0 Å². The summed E-state index contributed by atoms with van der Waals surface area (Å²) in [6, 6.07) is 22.8. The first-order valence-electron chi connectivity index (χ1n) is 10.9. The third kappa shape index (κ3) is 4.66. The molecule has 6 heteroatoms. The van der Waals surface area contributed by atoms with Crippen molar-refractivity contribution in [2.24, 2.45) is 5.73 Å². The second-order valence-electron chi connectivity index (χ2n) is 9.11. The highest BCUT2D eigenvalue weighted by atomic mass is 32.2. The minimum absolute atomic E-state index is 0.000232. The molecule has 172 valence electrons. The minimum atomic E-state index is -0.457. The van der Waals surface area contributed by atoms with Gasteiger partial charge in [0.1, 0.15) is 23.1 Å². The fraction of sp³-hybridized carbons (Fsp3) is 0.214. The van der Waals surface area contributed by atoms with Crippen LogP contribution in [0.1, 0.15) is 53.7 Å². The van der Waals surface area contributed by atoms with Crippen LogP contribution in [0.4, 0.5) is 0 Å². The molecule has 0 saturated heterocycles. The zero-order valence-corrected chi connectivity index (χ0v) is 20.4.